The van der Waals surface area contributed by atoms with E-state index < -0.39 is 0 Å². The molecule has 1 aromatic rings. The predicted molar refractivity (Wildman–Crippen MR) is 85.5 cm³/mol. The topological polar surface area (TPSA) is 67.1 Å². The van der Waals surface area contributed by atoms with Gasteiger partial charge in [0.1, 0.15) is 11.6 Å². The van der Waals surface area contributed by atoms with E-state index in [0.717, 1.165) is 43.5 Å². The first-order valence-electron chi connectivity index (χ1n) is 7.89. The molecule has 0 spiro atoms. The van der Waals surface area contributed by atoms with Crippen LogP contribution in [-0.2, 0) is 19.4 Å². The molecule has 1 aliphatic heterocycles. The van der Waals surface area contributed by atoms with Gasteiger partial charge in [-0.25, -0.2) is 0 Å². The van der Waals surface area contributed by atoms with E-state index in [4.69, 9.17) is 0 Å². The summed E-state index contributed by atoms with van der Waals surface area (Å²) in [5.74, 6) is 3.03. The first kappa shape index (κ1) is 15.5. The van der Waals surface area contributed by atoms with Crippen molar-refractivity contribution in [1.82, 2.24) is 25.4 Å². The summed E-state index contributed by atoms with van der Waals surface area (Å²) < 4.78 is 2.28. The summed E-state index contributed by atoms with van der Waals surface area (Å²) in [4.78, 5) is 4.56. The van der Waals surface area contributed by atoms with E-state index in [1.165, 1.54) is 19.3 Å². The molecule has 21 heavy (non-hydrogen) atoms. The highest BCUT2D eigenvalue weighted by atomic mass is 15.3. The Morgan fingerprint density at radius 2 is 2.24 bits per heavy atom. The molecule has 0 saturated carbocycles. The van der Waals surface area contributed by atoms with Crippen molar-refractivity contribution in [2.75, 3.05) is 19.6 Å². The van der Waals surface area contributed by atoms with E-state index >= 15 is 0 Å². The van der Waals surface area contributed by atoms with E-state index in [9.17, 15) is 0 Å². The fourth-order valence-electron chi connectivity index (χ4n) is 2.51. The Balaban J connectivity index is 1.92. The number of hydrogen-bond donors (Lipinski definition) is 2. The Morgan fingerprint density at radius 3 is 3.05 bits per heavy atom. The van der Waals surface area contributed by atoms with Crippen LogP contribution < -0.4 is 10.6 Å². The second-order valence-electron chi connectivity index (χ2n) is 5.17. The van der Waals surface area contributed by atoms with Gasteiger partial charge in [-0.05, 0) is 19.8 Å². The number of fused-ring (bicyclic) bond motifs is 1. The summed E-state index contributed by atoms with van der Waals surface area (Å²) in [6, 6.07) is 0. The van der Waals surface area contributed by atoms with Crippen molar-refractivity contribution in [3.8, 4) is 0 Å². The third-order valence-corrected chi connectivity index (χ3v) is 3.55. The number of guanidine groups is 1. The zero-order valence-corrected chi connectivity index (χ0v) is 12.9. The number of aromatic nitrogens is 3. The molecule has 6 nitrogen and oxygen atoms in total. The molecule has 0 unspecified atom stereocenters. The molecular formula is C15H26N6. The summed E-state index contributed by atoms with van der Waals surface area (Å²) >= 11 is 0. The second kappa shape index (κ2) is 8.44. The van der Waals surface area contributed by atoms with Crippen molar-refractivity contribution in [2.45, 2.75) is 45.6 Å². The molecule has 2 rings (SSSR count). The van der Waals surface area contributed by atoms with Crippen LogP contribution in [0, 0.1) is 0 Å². The molecule has 0 aromatic carbocycles. The maximum atomic E-state index is 4.56. The van der Waals surface area contributed by atoms with Gasteiger partial charge < -0.3 is 15.2 Å². The number of aryl methyl sites for hydroxylation is 1. The molecule has 0 atom stereocenters. The van der Waals surface area contributed by atoms with Gasteiger partial charge in [-0.2, -0.15) is 0 Å². The highest BCUT2D eigenvalue weighted by Crippen LogP contribution is 2.14. The van der Waals surface area contributed by atoms with Crippen LogP contribution in [0.3, 0.4) is 0 Å². The van der Waals surface area contributed by atoms with Crippen LogP contribution in [0.2, 0.25) is 0 Å². The minimum atomic E-state index is 0.713. The maximum absolute atomic E-state index is 4.56. The lowest BCUT2D eigenvalue weighted by molar-refractivity contribution is 0.604. The van der Waals surface area contributed by atoms with E-state index in [1.54, 1.807) is 0 Å². The first-order chi connectivity index (χ1) is 10.3. The highest BCUT2D eigenvalue weighted by molar-refractivity contribution is 5.79. The molecule has 0 fully saturated rings. The van der Waals surface area contributed by atoms with Crippen LogP contribution in [-0.4, -0.2) is 40.4 Å². The summed E-state index contributed by atoms with van der Waals surface area (Å²) in [7, 11) is 0. The molecule has 6 heteroatoms. The van der Waals surface area contributed by atoms with Crippen molar-refractivity contribution >= 4 is 5.96 Å². The Hall–Kier alpha value is -1.85. The molecule has 1 aliphatic rings. The summed E-state index contributed by atoms with van der Waals surface area (Å²) in [6.07, 6.45) is 7.46. The molecular weight excluding hydrogens is 264 g/mol. The zero-order valence-electron chi connectivity index (χ0n) is 12.9. The van der Waals surface area contributed by atoms with Crippen LogP contribution in [0.1, 0.15) is 37.8 Å². The van der Waals surface area contributed by atoms with Crippen molar-refractivity contribution in [2.24, 2.45) is 4.99 Å². The van der Waals surface area contributed by atoms with Gasteiger partial charge in [-0.15, -0.1) is 16.8 Å². The quantitative estimate of drug-likeness (QED) is 0.471. The average molecular weight is 290 g/mol. The molecule has 0 bridgehead atoms. The number of aliphatic imine (C=N–C) groups is 1. The third-order valence-electron chi connectivity index (χ3n) is 3.55. The van der Waals surface area contributed by atoms with Crippen LogP contribution in [0.15, 0.2) is 17.6 Å². The minimum absolute atomic E-state index is 0.713. The lowest BCUT2D eigenvalue weighted by Crippen LogP contribution is -2.37. The predicted octanol–water partition coefficient (Wildman–Crippen LogP) is 1.29. The average Bonchev–Trinajstić information content (AvgIpc) is 2.72. The molecule has 0 amide bonds. The lowest BCUT2D eigenvalue weighted by atomic mass is 10.2. The molecule has 116 valence electrons. The summed E-state index contributed by atoms with van der Waals surface area (Å²) in [6.45, 7) is 9.09. The number of hydrogen-bond acceptors (Lipinski definition) is 3. The maximum Gasteiger partial charge on any atom is 0.191 e. The molecule has 1 aromatic heterocycles. The molecule has 2 heterocycles. The smallest absolute Gasteiger partial charge is 0.191 e. The zero-order chi connectivity index (χ0) is 14.9. The van der Waals surface area contributed by atoms with Crippen molar-refractivity contribution < 1.29 is 0 Å². The second-order valence-corrected chi connectivity index (χ2v) is 5.17. The van der Waals surface area contributed by atoms with Crippen molar-refractivity contribution in [3.05, 3.63) is 24.3 Å². The van der Waals surface area contributed by atoms with Crippen LogP contribution >= 0.6 is 0 Å². The number of rotatable bonds is 6. The first-order valence-corrected chi connectivity index (χ1v) is 7.89. The van der Waals surface area contributed by atoms with Gasteiger partial charge in [0.05, 0.1) is 0 Å². The van der Waals surface area contributed by atoms with Crippen molar-refractivity contribution in [3.63, 3.8) is 0 Å². The van der Waals surface area contributed by atoms with E-state index in [1.807, 2.05) is 6.08 Å². The van der Waals surface area contributed by atoms with Gasteiger partial charge in [0.15, 0.2) is 5.96 Å². The summed E-state index contributed by atoms with van der Waals surface area (Å²) in [5, 5.41) is 15.1. The Morgan fingerprint density at radius 1 is 1.33 bits per heavy atom. The van der Waals surface area contributed by atoms with Gasteiger partial charge >= 0.3 is 0 Å². The van der Waals surface area contributed by atoms with Crippen molar-refractivity contribution in [1.29, 1.82) is 0 Å². The standard InChI is InChI=1S/C15H26N6/c1-3-10-17-15(16-4-2)18-11-9-14-20-19-13-8-6-5-7-12-21(13)14/h3H,1,4-12H2,2H3,(H2,16,17,18). The SMILES string of the molecule is C=CCNC(=NCCc1nnc2n1CCCCC2)NCC. The van der Waals surface area contributed by atoms with E-state index in [2.05, 4.69) is 43.9 Å². The minimum Gasteiger partial charge on any atom is -0.357 e. The van der Waals surface area contributed by atoms with E-state index in [-0.39, 0.29) is 0 Å². The molecule has 2 N–H and O–H groups in total. The van der Waals surface area contributed by atoms with E-state index in [0.29, 0.717) is 13.1 Å². The molecule has 0 aliphatic carbocycles. The highest BCUT2D eigenvalue weighted by Gasteiger charge is 2.13. The largest absolute Gasteiger partial charge is 0.357 e. The molecule has 0 saturated heterocycles. The Labute approximate surface area is 126 Å². The summed E-state index contributed by atoms with van der Waals surface area (Å²) in [5.41, 5.74) is 0. The van der Waals surface area contributed by atoms with Gasteiger partial charge in [0.2, 0.25) is 0 Å². The third kappa shape index (κ3) is 4.58. The van der Waals surface area contributed by atoms with Crippen LogP contribution in [0.25, 0.3) is 0 Å². The van der Waals surface area contributed by atoms with Gasteiger partial charge in [-0.1, -0.05) is 12.5 Å². The van der Waals surface area contributed by atoms with Gasteiger partial charge in [0.25, 0.3) is 0 Å². The van der Waals surface area contributed by atoms with Gasteiger partial charge in [0, 0.05) is 39.0 Å². The fourth-order valence-corrected chi connectivity index (χ4v) is 2.51. The number of nitrogens with zero attached hydrogens (tertiary/aromatic N) is 4. The Kier molecular flexibility index (Phi) is 6.24. The lowest BCUT2D eigenvalue weighted by Gasteiger charge is -2.09. The monoisotopic (exact) mass is 290 g/mol. The Bertz CT molecular complexity index is 477. The van der Waals surface area contributed by atoms with Crippen LogP contribution in [0.5, 0.6) is 0 Å². The fraction of sp³-hybridized carbons (Fsp3) is 0.667. The van der Waals surface area contributed by atoms with Gasteiger partial charge in [-0.3, -0.25) is 4.99 Å². The number of nitrogens with one attached hydrogen (secondary N) is 2. The normalized spacial score (nSPS) is 15.2. The van der Waals surface area contributed by atoms with Crippen LogP contribution in [0.4, 0.5) is 0 Å². The molecule has 0 radical (unpaired) electrons.